The average Bonchev–Trinajstić information content (AvgIpc) is 3.45. The third kappa shape index (κ3) is 7.05. The number of rotatable bonds is 10. The number of carbonyl (C=O) groups excluding carboxylic acids is 2. The van der Waals surface area contributed by atoms with Gasteiger partial charge < -0.3 is 10.2 Å². The minimum Gasteiger partial charge on any atom is -0.352 e. The first-order chi connectivity index (χ1) is 18.7. The summed E-state index contributed by atoms with van der Waals surface area (Å²) in [6, 6.07) is 19.5. The third-order valence-electron chi connectivity index (χ3n) is 6.89. The molecular formula is C29H31BrFN3O4S. The molecule has 1 aliphatic carbocycles. The zero-order chi connectivity index (χ0) is 28.0. The number of hydrogen-bond donors (Lipinski definition) is 1. The van der Waals surface area contributed by atoms with Crippen LogP contribution in [0.15, 0.2) is 88.2 Å². The van der Waals surface area contributed by atoms with Gasteiger partial charge in [-0.05, 0) is 62.2 Å². The number of sulfonamides is 1. The zero-order valence-corrected chi connectivity index (χ0v) is 24.0. The quantitative estimate of drug-likeness (QED) is 0.337. The fourth-order valence-electron chi connectivity index (χ4n) is 4.64. The standard InChI is InChI=1S/C29H31BrFN3O4S/c1-21(29(36)32-24-10-6-7-11-24)33(19-22-9-5-8-14-27(22)31)28(35)20-34(25-17-15-23(30)16-18-25)39(37,38)26-12-3-2-4-13-26/h2-5,8-9,12-18,21,24H,6-7,10-11,19-20H2,1H3,(H,32,36). The van der Waals surface area contributed by atoms with Gasteiger partial charge in [-0.1, -0.05) is 65.2 Å². The van der Waals surface area contributed by atoms with Gasteiger partial charge >= 0.3 is 0 Å². The molecule has 206 valence electrons. The Labute approximate surface area is 237 Å². The average molecular weight is 617 g/mol. The van der Waals surface area contributed by atoms with Crippen molar-refractivity contribution in [2.24, 2.45) is 0 Å². The monoisotopic (exact) mass is 615 g/mol. The van der Waals surface area contributed by atoms with Crippen LogP contribution in [0.5, 0.6) is 0 Å². The van der Waals surface area contributed by atoms with E-state index in [1.807, 2.05) is 0 Å². The Morgan fingerprint density at radius 2 is 1.59 bits per heavy atom. The van der Waals surface area contributed by atoms with Crippen molar-refractivity contribution < 1.29 is 22.4 Å². The molecule has 1 saturated carbocycles. The molecule has 2 amide bonds. The maximum absolute atomic E-state index is 14.6. The van der Waals surface area contributed by atoms with Crippen LogP contribution < -0.4 is 9.62 Å². The second kappa shape index (κ2) is 12.7. The van der Waals surface area contributed by atoms with Gasteiger partial charge in [-0.15, -0.1) is 0 Å². The summed E-state index contributed by atoms with van der Waals surface area (Å²) in [6.45, 7) is 0.817. The summed E-state index contributed by atoms with van der Waals surface area (Å²) in [5, 5.41) is 3.00. The van der Waals surface area contributed by atoms with Gasteiger partial charge in [0.1, 0.15) is 18.4 Å². The number of benzene rings is 3. The SMILES string of the molecule is CC(C(=O)NC1CCCC1)N(Cc1ccccc1F)C(=O)CN(c1ccc(Br)cc1)S(=O)(=O)c1ccccc1. The Balaban J connectivity index is 1.68. The van der Waals surface area contributed by atoms with Crippen molar-refractivity contribution in [3.63, 3.8) is 0 Å². The maximum Gasteiger partial charge on any atom is 0.264 e. The molecule has 1 aliphatic rings. The molecule has 7 nitrogen and oxygen atoms in total. The lowest BCUT2D eigenvalue weighted by Crippen LogP contribution is -2.52. The first-order valence-corrected chi connectivity index (χ1v) is 15.1. The Morgan fingerprint density at radius 3 is 2.23 bits per heavy atom. The largest absolute Gasteiger partial charge is 0.352 e. The first kappa shape index (κ1) is 28.8. The molecule has 0 bridgehead atoms. The van der Waals surface area contributed by atoms with Crippen LogP contribution in [0.4, 0.5) is 10.1 Å². The van der Waals surface area contributed by atoms with Crippen molar-refractivity contribution in [2.75, 3.05) is 10.8 Å². The van der Waals surface area contributed by atoms with Crippen LogP contribution in [-0.4, -0.2) is 43.8 Å². The molecule has 0 aliphatic heterocycles. The fraction of sp³-hybridized carbons (Fsp3) is 0.310. The molecule has 1 atom stereocenters. The van der Waals surface area contributed by atoms with Gasteiger partial charge in [-0.25, -0.2) is 12.8 Å². The highest BCUT2D eigenvalue weighted by Crippen LogP contribution is 2.26. The number of amides is 2. The van der Waals surface area contributed by atoms with Crippen molar-refractivity contribution in [3.05, 3.63) is 94.7 Å². The molecule has 3 aromatic carbocycles. The molecule has 39 heavy (non-hydrogen) atoms. The molecule has 1 fully saturated rings. The Morgan fingerprint density at radius 1 is 0.974 bits per heavy atom. The van der Waals surface area contributed by atoms with Gasteiger partial charge in [0.15, 0.2) is 0 Å². The Hall–Kier alpha value is -3.24. The highest BCUT2D eigenvalue weighted by Gasteiger charge is 2.33. The van der Waals surface area contributed by atoms with Gasteiger partial charge in [0.05, 0.1) is 10.6 Å². The number of carbonyl (C=O) groups is 2. The molecule has 1 unspecified atom stereocenters. The third-order valence-corrected chi connectivity index (χ3v) is 9.21. The van der Waals surface area contributed by atoms with E-state index in [4.69, 9.17) is 0 Å². The van der Waals surface area contributed by atoms with Crippen molar-refractivity contribution in [1.29, 1.82) is 0 Å². The molecule has 0 aromatic heterocycles. The van der Waals surface area contributed by atoms with E-state index in [9.17, 15) is 22.4 Å². The second-order valence-electron chi connectivity index (χ2n) is 9.58. The van der Waals surface area contributed by atoms with Gasteiger partial charge in [-0.3, -0.25) is 13.9 Å². The minimum absolute atomic E-state index is 0.0217. The zero-order valence-electron chi connectivity index (χ0n) is 21.6. The highest BCUT2D eigenvalue weighted by atomic mass is 79.9. The topological polar surface area (TPSA) is 86.8 Å². The summed E-state index contributed by atoms with van der Waals surface area (Å²) in [5.41, 5.74) is 0.511. The van der Waals surface area contributed by atoms with E-state index in [2.05, 4.69) is 21.2 Å². The number of nitrogens with one attached hydrogen (secondary N) is 1. The summed E-state index contributed by atoms with van der Waals surface area (Å²) in [7, 11) is -4.15. The molecule has 0 spiro atoms. The van der Waals surface area contributed by atoms with Crippen molar-refractivity contribution in [3.8, 4) is 0 Å². The van der Waals surface area contributed by atoms with Gasteiger partial charge in [0.2, 0.25) is 11.8 Å². The lowest BCUT2D eigenvalue weighted by molar-refractivity contribution is -0.139. The molecule has 1 N–H and O–H groups in total. The van der Waals surface area contributed by atoms with Crippen molar-refractivity contribution in [1.82, 2.24) is 10.2 Å². The predicted molar refractivity (Wildman–Crippen MR) is 152 cm³/mol. The highest BCUT2D eigenvalue weighted by molar-refractivity contribution is 9.10. The summed E-state index contributed by atoms with van der Waals surface area (Å²) in [4.78, 5) is 28.3. The van der Waals surface area contributed by atoms with Gasteiger partial charge in [-0.2, -0.15) is 0 Å². The van der Waals surface area contributed by atoms with Gasteiger partial charge in [0, 0.05) is 22.6 Å². The molecule has 0 heterocycles. The normalized spacial score (nSPS) is 14.5. The number of anilines is 1. The van der Waals surface area contributed by atoms with Crippen LogP contribution in [0.25, 0.3) is 0 Å². The van der Waals surface area contributed by atoms with E-state index in [0.29, 0.717) is 0 Å². The van der Waals surface area contributed by atoms with E-state index in [1.165, 1.54) is 23.1 Å². The number of nitrogens with zero attached hydrogens (tertiary/aromatic N) is 2. The number of hydrogen-bond acceptors (Lipinski definition) is 4. The van der Waals surface area contributed by atoms with Crippen LogP contribution in [0, 0.1) is 5.82 Å². The first-order valence-electron chi connectivity index (χ1n) is 12.8. The van der Waals surface area contributed by atoms with Gasteiger partial charge in [0.25, 0.3) is 10.0 Å². The Bertz CT molecular complexity index is 1400. The molecule has 4 rings (SSSR count). The van der Waals surface area contributed by atoms with Crippen LogP contribution in [-0.2, 0) is 26.2 Å². The summed E-state index contributed by atoms with van der Waals surface area (Å²) in [5.74, 6) is -1.50. The summed E-state index contributed by atoms with van der Waals surface area (Å²) < 4.78 is 43.8. The molecular weight excluding hydrogens is 585 g/mol. The van der Waals surface area contributed by atoms with Crippen LogP contribution in [0.1, 0.15) is 38.2 Å². The Kier molecular flexibility index (Phi) is 9.40. The molecule has 3 aromatic rings. The van der Waals surface area contributed by atoms with Crippen molar-refractivity contribution in [2.45, 2.75) is 56.1 Å². The van der Waals surface area contributed by atoms with Crippen molar-refractivity contribution >= 4 is 43.5 Å². The minimum atomic E-state index is -4.15. The second-order valence-corrected chi connectivity index (χ2v) is 12.4. The summed E-state index contributed by atoms with van der Waals surface area (Å²) >= 11 is 3.36. The van der Waals surface area contributed by atoms with E-state index < -0.39 is 34.3 Å². The number of halogens is 2. The smallest absolute Gasteiger partial charge is 0.264 e. The van der Waals surface area contributed by atoms with E-state index in [0.717, 1.165) is 34.5 Å². The lowest BCUT2D eigenvalue weighted by atomic mass is 10.1. The van der Waals surface area contributed by atoms with Crippen LogP contribution in [0.2, 0.25) is 0 Å². The molecule has 0 radical (unpaired) electrons. The fourth-order valence-corrected chi connectivity index (χ4v) is 6.34. The van der Waals surface area contributed by atoms with E-state index >= 15 is 0 Å². The maximum atomic E-state index is 14.6. The molecule has 10 heteroatoms. The van der Waals surface area contributed by atoms with E-state index in [1.54, 1.807) is 67.6 Å². The van der Waals surface area contributed by atoms with E-state index in [-0.39, 0.29) is 34.6 Å². The molecule has 0 saturated heterocycles. The predicted octanol–water partition coefficient (Wildman–Crippen LogP) is 5.26. The van der Waals surface area contributed by atoms with Crippen LogP contribution in [0.3, 0.4) is 0 Å². The van der Waals surface area contributed by atoms with Crippen LogP contribution >= 0.6 is 15.9 Å². The summed E-state index contributed by atoms with van der Waals surface area (Å²) in [6.07, 6.45) is 3.78. The lowest BCUT2D eigenvalue weighted by Gasteiger charge is -2.32.